The maximum atomic E-state index is 12.9. The lowest BCUT2D eigenvalue weighted by atomic mass is 10.1. The van der Waals surface area contributed by atoms with Gasteiger partial charge < -0.3 is 14.2 Å². The van der Waals surface area contributed by atoms with E-state index >= 15 is 0 Å². The highest BCUT2D eigenvalue weighted by molar-refractivity contribution is 5.89. The van der Waals surface area contributed by atoms with Crippen LogP contribution < -0.4 is 0 Å². The van der Waals surface area contributed by atoms with Crippen molar-refractivity contribution < 1.29 is 14.0 Å². The summed E-state index contributed by atoms with van der Waals surface area (Å²) in [5.41, 5.74) is 1.24. The predicted molar refractivity (Wildman–Crippen MR) is 98.3 cm³/mol. The number of rotatable bonds is 5. The van der Waals surface area contributed by atoms with Crippen LogP contribution in [0.1, 0.15) is 17.7 Å². The van der Waals surface area contributed by atoms with Gasteiger partial charge in [0.05, 0.1) is 18.7 Å². The molecule has 0 spiro atoms. The van der Waals surface area contributed by atoms with Gasteiger partial charge in [-0.25, -0.2) is 0 Å². The van der Waals surface area contributed by atoms with E-state index < -0.39 is 0 Å². The van der Waals surface area contributed by atoms with E-state index in [1.54, 1.807) is 23.6 Å². The minimum Gasteiger partial charge on any atom is -0.467 e. The molecule has 7 nitrogen and oxygen atoms in total. The molecule has 0 aromatic carbocycles. The lowest BCUT2D eigenvalue weighted by Crippen LogP contribution is -2.50. The fourth-order valence-corrected chi connectivity index (χ4v) is 3.81. The summed E-state index contributed by atoms with van der Waals surface area (Å²) in [6.07, 6.45) is 5.52. The first kappa shape index (κ1) is 17.7. The number of carbonyl (C=O) groups is 2. The highest BCUT2D eigenvalue weighted by Crippen LogP contribution is 2.23. The summed E-state index contributed by atoms with van der Waals surface area (Å²) < 4.78 is 5.32. The number of likely N-dealkylation sites (tertiary alicyclic amines) is 1. The quantitative estimate of drug-likeness (QED) is 0.797. The van der Waals surface area contributed by atoms with Crippen LogP contribution in [0, 0.1) is 5.92 Å². The third-order valence-corrected chi connectivity index (χ3v) is 5.33. The molecule has 1 atom stereocenters. The van der Waals surface area contributed by atoms with Crippen LogP contribution in [0.15, 0.2) is 47.3 Å². The van der Waals surface area contributed by atoms with E-state index in [0.29, 0.717) is 32.6 Å². The largest absolute Gasteiger partial charge is 0.467 e. The Hall–Kier alpha value is -2.67. The van der Waals surface area contributed by atoms with Gasteiger partial charge in [0.15, 0.2) is 0 Å². The number of furan rings is 1. The molecule has 2 aromatic rings. The minimum atomic E-state index is -0.237. The Morgan fingerprint density at radius 3 is 2.59 bits per heavy atom. The van der Waals surface area contributed by atoms with Gasteiger partial charge in [-0.05, 0) is 29.8 Å². The fraction of sp³-hybridized carbons (Fsp3) is 0.450. The van der Waals surface area contributed by atoms with Crippen molar-refractivity contribution in [1.29, 1.82) is 0 Å². The van der Waals surface area contributed by atoms with Crippen molar-refractivity contribution in [2.75, 3.05) is 32.7 Å². The van der Waals surface area contributed by atoms with Crippen molar-refractivity contribution in [3.8, 4) is 0 Å². The zero-order chi connectivity index (χ0) is 18.6. The standard InChI is InChI=1S/C20H24N4O3/c25-19-12-17(14-24(19)15-18-2-1-11-27-18)20(26)23-9-7-22(8-10-23)13-16-3-5-21-6-4-16/h1-6,11,17H,7-10,12-15H2. The molecular weight excluding hydrogens is 344 g/mol. The average molecular weight is 368 g/mol. The van der Waals surface area contributed by atoms with Crippen molar-refractivity contribution in [2.24, 2.45) is 5.92 Å². The highest BCUT2D eigenvalue weighted by Gasteiger charge is 2.37. The van der Waals surface area contributed by atoms with Crippen LogP contribution in [0.4, 0.5) is 0 Å². The highest BCUT2D eigenvalue weighted by atomic mass is 16.3. The molecule has 0 N–H and O–H groups in total. The molecule has 1 unspecified atom stereocenters. The SMILES string of the molecule is O=C1CC(C(=O)N2CCN(Cc3ccncc3)CC2)CN1Cc1ccco1. The Balaban J connectivity index is 1.27. The van der Waals surface area contributed by atoms with Gasteiger partial charge in [-0.3, -0.25) is 19.5 Å². The zero-order valence-electron chi connectivity index (χ0n) is 15.3. The van der Waals surface area contributed by atoms with E-state index in [1.165, 1.54) is 5.56 Å². The van der Waals surface area contributed by atoms with Crippen molar-refractivity contribution in [1.82, 2.24) is 19.7 Å². The Bertz CT molecular complexity index is 770. The molecule has 2 aliphatic rings. The molecule has 27 heavy (non-hydrogen) atoms. The Morgan fingerprint density at radius 1 is 1.11 bits per heavy atom. The van der Waals surface area contributed by atoms with Gasteiger partial charge >= 0.3 is 0 Å². The third-order valence-electron chi connectivity index (χ3n) is 5.33. The number of piperazine rings is 1. The lowest BCUT2D eigenvalue weighted by molar-refractivity contribution is -0.137. The Kier molecular flexibility index (Phi) is 5.20. The predicted octanol–water partition coefficient (Wildman–Crippen LogP) is 1.37. The molecule has 4 rings (SSSR count). The van der Waals surface area contributed by atoms with Crippen molar-refractivity contribution in [2.45, 2.75) is 19.5 Å². The molecule has 2 aliphatic heterocycles. The van der Waals surface area contributed by atoms with E-state index in [2.05, 4.69) is 9.88 Å². The molecule has 2 fully saturated rings. The summed E-state index contributed by atoms with van der Waals surface area (Å²) >= 11 is 0. The van der Waals surface area contributed by atoms with Crippen molar-refractivity contribution in [3.05, 3.63) is 54.2 Å². The molecule has 2 saturated heterocycles. The van der Waals surface area contributed by atoms with Gasteiger partial charge in [0.2, 0.25) is 11.8 Å². The molecular formula is C20H24N4O3. The van der Waals surface area contributed by atoms with Crippen LogP contribution in [-0.2, 0) is 22.7 Å². The first-order chi connectivity index (χ1) is 13.2. The Morgan fingerprint density at radius 2 is 1.89 bits per heavy atom. The van der Waals surface area contributed by atoms with Crippen LogP contribution in [0.3, 0.4) is 0 Å². The number of amides is 2. The van der Waals surface area contributed by atoms with E-state index in [-0.39, 0.29) is 17.7 Å². The smallest absolute Gasteiger partial charge is 0.228 e. The summed E-state index contributed by atoms with van der Waals surface area (Å²) in [6, 6.07) is 7.71. The summed E-state index contributed by atoms with van der Waals surface area (Å²) in [5, 5.41) is 0. The van der Waals surface area contributed by atoms with Gasteiger partial charge in [-0.15, -0.1) is 0 Å². The number of hydrogen-bond acceptors (Lipinski definition) is 5. The van der Waals surface area contributed by atoms with E-state index in [1.807, 2.05) is 29.2 Å². The number of nitrogens with zero attached hydrogens (tertiary/aromatic N) is 4. The topological polar surface area (TPSA) is 69.9 Å². The number of aromatic nitrogens is 1. The van der Waals surface area contributed by atoms with Crippen molar-refractivity contribution in [3.63, 3.8) is 0 Å². The molecule has 7 heteroatoms. The Labute approximate surface area is 158 Å². The molecule has 2 aromatic heterocycles. The average Bonchev–Trinajstić information content (AvgIpc) is 3.33. The summed E-state index contributed by atoms with van der Waals surface area (Å²) in [4.78, 5) is 35.1. The maximum absolute atomic E-state index is 12.9. The molecule has 4 heterocycles. The van der Waals surface area contributed by atoms with Gasteiger partial charge in [-0.1, -0.05) is 0 Å². The molecule has 2 amide bonds. The van der Waals surface area contributed by atoms with Crippen LogP contribution in [0.25, 0.3) is 0 Å². The second-order valence-electron chi connectivity index (χ2n) is 7.21. The van der Waals surface area contributed by atoms with Gasteiger partial charge in [-0.2, -0.15) is 0 Å². The van der Waals surface area contributed by atoms with Gasteiger partial charge in [0, 0.05) is 58.1 Å². The van der Waals surface area contributed by atoms with Crippen LogP contribution >= 0.6 is 0 Å². The first-order valence-electron chi connectivity index (χ1n) is 9.39. The molecule has 0 radical (unpaired) electrons. The monoisotopic (exact) mass is 368 g/mol. The third kappa shape index (κ3) is 4.19. The van der Waals surface area contributed by atoms with E-state index in [0.717, 1.165) is 25.4 Å². The van der Waals surface area contributed by atoms with Crippen LogP contribution in [0.5, 0.6) is 0 Å². The number of hydrogen-bond donors (Lipinski definition) is 0. The minimum absolute atomic E-state index is 0.0288. The summed E-state index contributed by atoms with van der Waals surface area (Å²) in [6.45, 7) is 4.93. The fourth-order valence-electron chi connectivity index (χ4n) is 3.81. The number of pyridine rings is 1. The van der Waals surface area contributed by atoms with Gasteiger partial charge in [0.25, 0.3) is 0 Å². The van der Waals surface area contributed by atoms with Crippen molar-refractivity contribution >= 4 is 11.8 Å². The number of carbonyl (C=O) groups excluding carboxylic acids is 2. The summed E-state index contributed by atoms with van der Waals surface area (Å²) in [5.74, 6) is 0.648. The molecule has 0 bridgehead atoms. The van der Waals surface area contributed by atoms with E-state index in [9.17, 15) is 9.59 Å². The van der Waals surface area contributed by atoms with Crippen LogP contribution in [-0.4, -0.2) is 64.2 Å². The molecule has 0 aliphatic carbocycles. The lowest BCUT2D eigenvalue weighted by Gasteiger charge is -2.35. The first-order valence-corrected chi connectivity index (χ1v) is 9.39. The normalized spacial score (nSPS) is 21.0. The van der Waals surface area contributed by atoms with Gasteiger partial charge in [0.1, 0.15) is 5.76 Å². The summed E-state index contributed by atoms with van der Waals surface area (Å²) in [7, 11) is 0. The maximum Gasteiger partial charge on any atom is 0.228 e. The second-order valence-corrected chi connectivity index (χ2v) is 7.21. The van der Waals surface area contributed by atoms with E-state index in [4.69, 9.17) is 4.42 Å². The molecule has 0 saturated carbocycles. The molecule has 142 valence electrons. The zero-order valence-corrected chi connectivity index (χ0v) is 15.3. The van der Waals surface area contributed by atoms with Crippen LogP contribution in [0.2, 0.25) is 0 Å². The second kappa shape index (κ2) is 7.92.